The molecule has 0 saturated heterocycles. The number of ether oxygens (including phenoxy) is 1. The van der Waals surface area contributed by atoms with Gasteiger partial charge in [0.2, 0.25) is 0 Å². The summed E-state index contributed by atoms with van der Waals surface area (Å²) in [5, 5.41) is 18.7. The average Bonchev–Trinajstić information content (AvgIpc) is 2.27. The summed E-state index contributed by atoms with van der Waals surface area (Å²) in [5.41, 5.74) is 0.167. The smallest absolute Gasteiger partial charge is 0.257 e. The number of nitrogens with zero attached hydrogens (tertiary/aromatic N) is 1. The van der Waals surface area contributed by atoms with E-state index >= 15 is 0 Å². The van der Waals surface area contributed by atoms with Crippen molar-refractivity contribution >= 4 is 5.91 Å². The molecule has 1 aromatic rings. The summed E-state index contributed by atoms with van der Waals surface area (Å²) in [4.78, 5) is 13.4. The maximum absolute atomic E-state index is 12.0. The molecule has 0 aliphatic rings. The van der Waals surface area contributed by atoms with Crippen LogP contribution in [-0.2, 0) is 4.74 Å². The Balaban J connectivity index is 2.63. The number of phenols is 2. The van der Waals surface area contributed by atoms with Crippen LogP contribution in [-0.4, -0.2) is 47.3 Å². The van der Waals surface area contributed by atoms with Gasteiger partial charge in [0, 0.05) is 19.7 Å². The summed E-state index contributed by atoms with van der Waals surface area (Å²) in [6.45, 7) is 4.73. The van der Waals surface area contributed by atoms with E-state index in [1.54, 1.807) is 7.05 Å². The molecule has 100 valence electrons. The molecule has 0 aliphatic heterocycles. The molecule has 0 aliphatic carbocycles. The predicted octanol–water partition coefficient (Wildman–Crippen LogP) is 1.59. The lowest BCUT2D eigenvalue weighted by atomic mass is 10.1. The molecule has 0 atom stereocenters. The fourth-order valence-electron chi connectivity index (χ4n) is 1.43. The van der Waals surface area contributed by atoms with Gasteiger partial charge >= 0.3 is 0 Å². The number of hydrogen-bond donors (Lipinski definition) is 2. The van der Waals surface area contributed by atoms with Crippen LogP contribution < -0.4 is 0 Å². The lowest BCUT2D eigenvalue weighted by molar-refractivity contribution is 0.0530. The Hall–Kier alpha value is -1.75. The summed E-state index contributed by atoms with van der Waals surface area (Å²) in [6.07, 6.45) is 0.121. The highest BCUT2D eigenvalue weighted by molar-refractivity contribution is 5.96. The van der Waals surface area contributed by atoms with Crippen molar-refractivity contribution in [2.45, 2.75) is 20.0 Å². The number of carbonyl (C=O) groups is 1. The zero-order chi connectivity index (χ0) is 13.7. The molecular formula is C13H19NO4. The Labute approximate surface area is 107 Å². The highest BCUT2D eigenvalue weighted by atomic mass is 16.5. The third-order valence-corrected chi connectivity index (χ3v) is 2.44. The Bertz CT molecular complexity index is 417. The average molecular weight is 253 g/mol. The molecule has 1 amide bonds. The molecule has 5 heteroatoms. The van der Waals surface area contributed by atoms with Crippen LogP contribution >= 0.6 is 0 Å². The van der Waals surface area contributed by atoms with E-state index in [9.17, 15) is 9.90 Å². The number of phenolic OH excluding ortho intramolecular Hbond substituents is 2. The van der Waals surface area contributed by atoms with Crippen molar-refractivity contribution in [2.75, 3.05) is 20.2 Å². The van der Waals surface area contributed by atoms with E-state index in [4.69, 9.17) is 9.84 Å². The summed E-state index contributed by atoms with van der Waals surface area (Å²) in [5.74, 6) is -0.605. The first-order valence-corrected chi connectivity index (χ1v) is 5.81. The Morgan fingerprint density at radius 1 is 1.39 bits per heavy atom. The van der Waals surface area contributed by atoms with Gasteiger partial charge in [-0.15, -0.1) is 0 Å². The molecular weight excluding hydrogens is 234 g/mol. The van der Waals surface area contributed by atoms with Crippen LogP contribution in [0.2, 0.25) is 0 Å². The largest absolute Gasteiger partial charge is 0.508 e. The molecule has 2 N–H and O–H groups in total. The first-order chi connectivity index (χ1) is 8.41. The Kier molecular flexibility index (Phi) is 4.97. The van der Waals surface area contributed by atoms with Crippen molar-refractivity contribution < 1.29 is 19.7 Å². The first-order valence-electron chi connectivity index (χ1n) is 5.81. The summed E-state index contributed by atoms with van der Waals surface area (Å²) in [7, 11) is 1.64. The van der Waals surface area contributed by atoms with Crippen molar-refractivity contribution in [1.29, 1.82) is 0 Å². The number of likely N-dealkylation sites (N-methyl/N-ethyl adjacent to an activating group) is 1. The molecule has 1 aromatic carbocycles. The number of hydrogen-bond acceptors (Lipinski definition) is 4. The maximum atomic E-state index is 12.0. The van der Waals surface area contributed by atoms with Crippen LogP contribution in [0.3, 0.4) is 0 Å². The van der Waals surface area contributed by atoms with Gasteiger partial charge in [0.15, 0.2) is 0 Å². The van der Waals surface area contributed by atoms with E-state index in [-0.39, 0.29) is 29.1 Å². The molecule has 18 heavy (non-hydrogen) atoms. The Morgan fingerprint density at radius 3 is 2.61 bits per heavy atom. The van der Waals surface area contributed by atoms with Crippen LogP contribution in [0, 0.1) is 0 Å². The summed E-state index contributed by atoms with van der Waals surface area (Å²) >= 11 is 0. The number of benzene rings is 1. The minimum atomic E-state index is -0.306. The van der Waals surface area contributed by atoms with Gasteiger partial charge in [-0.3, -0.25) is 4.79 Å². The molecule has 1 rings (SSSR count). The molecule has 0 bridgehead atoms. The van der Waals surface area contributed by atoms with Crippen molar-refractivity contribution in [3.8, 4) is 11.5 Å². The van der Waals surface area contributed by atoms with E-state index in [1.165, 1.54) is 17.0 Å². The lowest BCUT2D eigenvalue weighted by Gasteiger charge is -2.18. The van der Waals surface area contributed by atoms with E-state index in [2.05, 4.69) is 0 Å². The predicted molar refractivity (Wildman–Crippen MR) is 67.8 cm³/mol. The second-order valence-corrected chi connectivity index (χ2v) is 4.35. The highest BCUT2D eigenvalue weighted by Gasteiger charge is 2.15. The standard InChI is InChI=1S/C13H19NO4/c1-9(2)18-7-6-14(3)13(17)11-5-4-10(15)8-12(11)16/h4-5,8-9,15-16H,6-7H2,1-3H3. The van der Waals surface area contributed by atoms with Gasteiger partial charge in [-0.05, 0) is 26.0 Å². The van der Waals surface area contributed by atoms with Gasteiger partial charge in [-0.25, -0.2) is 0 Å². The summed E-state index contributed by atoms with van der Waals surface area (Å²) in [6, 6.07) is 3.91. The lowest BCUT2D eigenvalue weighted by Crippen LogP contribution is -2.30. The molecule has 0 heterocycles. The van der Waals surface area contributed by atoms with Gasteiger partial charge in [0.25, 0.3) is 5.91 Å². The zero-order valence-corrected chi connectivity index (χ0v) is 10.9. The molecule has 0 fully saturated rings. The molecule has 0 spiro atoms. The molecule has 0 radical (unpaired) electrons. The van der Waals surface area contributed by atoms with E-state index in [0.717, 1.165) is 6.07 Å². The SMILES string of the molecule is CC(C)OCCN(C)C(=O)c1ccc(O)cc1O. The highest BCUT2D eigenvalue weighted by Crippen LogP contribution is 2.23. The zero-order valence-electron chi connectivity index (χ0n) is 10.9. The van der Waals surface area contributed by atoms with Gasteiger partial charge in [-0.2, -0.15) is 0 Å². The minimum Gasteiger partial charge on any atom is -0.508 e. The molecule has 0 unspecified atom stereocenters. The molecule has 0 aromatic heterocycles. The van der Waals surface area contributed by atoms with Crippen LogP contribution in [0.5, 0.6) is 11.5 Å². The Morgan fingerprint density at radius 2 is 2.06 bits per heavy atom. The number of carbonyl (C=O) groups excluding carboxylic acids is 1. The molecule has 5 nitrogen and oxygen atoms in total. The van der Waals surface area contributed by atoms with Gasteiger partial charge in [-0.1, -0.05) is 0 Å². The number of aromatic hydroxyl groups is 2. The second kappa shape index (κ2) is 6.26. The normalized spacial score (nSPS) is 10.7. The fraction of sp³-hybridized carbons (Fsp3) is 0.462. The van der Waals surface area contributed by atoms with Crippen molar-refractivity contribution in [3.05, 3.63) is 23.8 Å². The van der Waals surface area contributed by atoms with Gasteiger partial charge in [0.1, 0.15) is 11.5 Å². The summed E-state index contributed by atoms with van der Waals surface area (Å²) < 4.78 is 5.35. The quantitative estimate of drug-likeness (QED) is 0.836. The van der Waals surface area contributed by atoms with E-state index < -0.39 is 0 Å². The van der Waals surface area contributed by atoms with Crippen LogP contribution in [0.25, 0.3) is 0 Å². The van der Waals surface area contributed by atoms with Crippen molar-refractivity contribution in [3.63, 3.8) is 0 Å². The number of amides is 1. The third-order valence-electron chi connectivity index (χ3n) is 2.44. The van der Waals surface area contributed by atoms with Gasteiger partial charge in [0.05, 0.1) is 18.3 Å². The first kappa shape index (κ1) is 14.3. The fourth-order valence-corrected chi connectivity index (χ4v) is 1.43. The van der Waals surface area contributed by atoms with Crippen molar-refractivity contribution in [1.82, 2.24) is 4.90 Å². The van der Waals surface area contributed by atoms with E-state index in [0.29, 0.717) is 13.2 Å². The molecule has 0 saturated carbocycles. The van der Waals surface area contributed by atoms with Crippen LogP contribution in [0.15, 0.2) is 18.2 Å². The topological polar surface area (TPSA) is 70.0 Å². The van der Waals surface area contributed by atoms with Crippen molar-refractivity contribution in [2.24, 2.45) is 0 Å². The van der Waals surface area contributed by atoms with Gasteiger partial charge < -0.3 is 19.8 Å². The van der Waals surface area contributed by atoms with Crippen LogP contribution in [0.4, 0.5) is 0 Å². The third kappa shape index (κ3) is 3.92. The van der Waals surface area contributed by atoms with Crippen LogP contribution in [0.1, 0.15) is 24.2 Å². The monoisotopic (exact) mass is 253 g/mol. The number of rotatable bonds is 5. The second-order valence-electron chi connectivity index (χ2n) is 4.35. The van der Waals surface area contributed by atoms with E-state index in [1.807, 2.05) is 13.8 Å². The minimum absolute atomic E-state index is 0.0742. The maximum Gasteiger partial charge on any atom is 0.257 e.